The number of nitrogens with one attached hydrogen (secondary N) is 18. The number of likely N-dealkylation sites (N-methyl/N-ethyl adjacent to an activating group) is 1. The summed E-state index contributed by atoms with van der Waals surface area (Å²) in [5, 5.41) is 91.1. The van der Waals surface area contributed by atoms with Crippen molar-refractivity contribution < 1.29 is 131 Å². The number of phenols is 1. The number of amides is 19. The Bertz CT molecular complexity index is 4790. The average molecular weight is 2030 g/mol. The molecule has 0 saturated heterocycles. The molecule has 15 atom stereocenters. The van der Waals surface area contributed by atoms with E-state index in [-0.39, 0.29) is 69.0 Å². The number of fused-ring (bicyclic) bond motifs is 1. The molecule has 0 spiro atoms. The maximum atomic E-state index is 14.5. The van der Waals surface area contributed by atoms with Crippen LogP contribution in [0.2, 0.25) is 0 Å². The predicted octanol–water partition coefficient (Wildman–Crippen LogP) is -7.92. The minimum absolute atomic E-state index is 0.00752. The number of thiol groups is 3. The summed E-state index contributed by atoms with van der Waals surface area (Å²) in [7, 11) is 1.25. The van der Waals surface area contributed by atoms with Gasteiger partial charge in [-0.1, -0.05) is 78.8 Å². The number of unbranched alkanes of at least 4 members (excludes halogenated alkanes) is 2. The number of phenolic OH excluding ortho intramolecular Hbond substituents is 1. The van der Waals surface area contributed by atoms with Gasteiger partial charge in [0.05, 0.1) is 45.2 Å². The van der Waals surface area contributed by atoms with Crippen molar-refractivity contribution in [3.8, 4) is 5.75 Å². The molecule has 31 N–H and O–H groups in total. The van der Waals surface area contributed by atoms with Crippen LogP contribution in [0, 0.1) is 17.3 Å². The number of carbonyl (C=O) groups is 22. The van der Waals surface area contributed by atoms with Crippen molar-refractivity contribution in [3.63, 3.8) is 0 Å². The summed E-state index contributed by atoms with van der Waals surface area (Å²) >= 11 is 12.6. The number of hydrogen-bond acceptors (Lipinski definition) is 30. The number of carboxylic acid groups (broad SMARTS) is 3. The lowest BCUT2D eigenvalue weighted by molar-refractivity contribution is -0.146. The third-order valence-electron chi connectivity index (χ3n) is 21.3. The van der Waals surface area contributed by atoms with Crippen LogP contribution >= 0.6 is 37.9 Å². The smallest absolute Gasteiger partial charge is 0.326 e. The summed E-state index contributed by atoms with van der Waals surface area (Å²) in [4.78, 5) is 301. The molecule has 0 radical (unpaired) electrons. The molecule has 1 heterocycles. The second kappa shape index (κ2) is 61.5. The number of nitrogens with two attached hydrogens (primary N) is 4. The maximum Gasteiger partial charge on any atom is 0.326 e. The van der Waals surface area contributed by atoms with E-state index in [1.54, 1.807) is 58.9 Å². The topological polar surface area (TPSA) is 804 Å². The summed E-state index contributed by atoms with van der Waals surface area (Å²) in [6, 6.07) is -9.83. The zero-order chi connectivity index (χ0) is 106. The number of aliphatic carboxylic acids is 3. The van der Waals surface area contributed by atoms with Crippen molar-refractivity contribution in [1.82, 2.24) is 100 Å². The highest BCUT2D eigenvalue weighted by atomic mass is 32.1. The lowest BCUT2D eigenvalue weighted by atomic mass is 9.84. The van der Waals surface area contributed by atoms with Gasteiger partial charge < -0.3 is 149 Å². The van der Waals surface area contributed by atoms with Gasteiger partial charge in [-0.25, -0.2) is 4.79 Å². The lowest BCUT2D eigenvalue weighted by Gasteiger charge is -2.39. The van der Waals surface area contributed by atoms with E-state index in [1.807, 2.05) is 0 Å². The van der Waals surface area contributed by atoms with E-state index in [0.717, 1.165) is 11.8 Å². The Morgan fingerprint density at radius 2 is 0.814 bits per heavy atom. The molecule has 3 aromatic rings. The first-order valence-corrected chi connectivity index (χ1v) is 46.9. The standard InChI is InChI=1S/C87H135N23O27S3/c1-43(2)30-55(103-80(130)60(41-139)106-82(132)70(44(3)4)108-81(131)61(42-140)105-77(127)53(25-27-69(121)122)101-84(134)72(87(6,7)8)110(9)85(135)58(31-46-20-22-48(112)23-21-46)100-64(115)36-93-63(114)34-90)74(124)95-39-67(118)99-57(33-62(91)113)75(125)96-38-65(116)97-51(18-12-14-28-88)73(123)94-37-66(117)98-52(24-26-68(119)120)76(126)104-56(32-47-35-92-50-17-11-10-16-49(47)50)78(128)109-71(45(5)111)83(133)107-59(40-138)79(129)102-54(86(136)137)19-13-15-29-89/h10-11,16-17,20-23,35,43-45,51-61,70-72,92,111-112,138-140H,12-15,18-19,24-34,36-42,88-90H2,1-9H3,(H2,91,113)(H,93,114)(H,94,123)(H,95,124)(H,96,125)(H,97,116)(H,98,117)(H,99,118)(H,100,115)(H,101,134)(H,102,129)(H,103,130)(H,104,126)(H,105,127)(H,106,132)(H,107,133)(H,108,131)(H,109,128)(H,119,120)(H,121,122)(H,136,137)/t45-,51+,52+,53+,54+,55+,56+,57+,58+,59+,60+,61+,70+,71+,72-/m1/s1. The van der Waals surface area contributed by atoms with E-state index in [2.05, 4.69) is 133 Å². The van der Waals surface area contributed by atoms with Gasteiger partial charge in [-0.05, 0) is 124 Å². The molecule has 0 aliphatic carbocycles. The number of carbonyl (C=O) groups excluding carboxylic acids is 19. The van der Waals surface area contributed by atoms with Gasteiger partial charge in [-0.2, -0.15) is 37.9 Å². The normalized spacial score (nSPS) is 14.4. The number of aromatic nitrogens is 1. The van der Waals surface area contributed by atoms with E-state index in [4.69, 9.17) is 22.9 Å². The predicted molar refractivity (Wildman–Crippen MR) is 515 cm³/mol. The number of carboxylic acids is 3. The minimum Gasteiger partial charge on any atom is -0.508 e. The second-order valence-corrected chi connectivity index (χ2v) is 35.9. The van der Waals surface area contributed by atoms with Crippen LogP contribution in [-0.2, 0) is 118 Å². The molecule has 0 bridgehead atoms. The van der Waals surface area contributed by atoms with Gasteiger partial charge in [0, 0.05) is 67.1 Å². The van der Waals surface area contributed by atoms with Gasteiger partial charge >= 0.3 is 17.9 Å². The fourth-order valence-corrected chi connectivity index (χ4v) is 14.8. The molecule has 1 aromatic heterocycles. The second-order valence-electron chi connectivity index (χ2n) is 34.8. The number of aromatic amines is 1. The first-order valence-electron chi connectivity index (χ1n) is 45.0. The molecule has 140 heavy (non-hydrogen) atoms. The van der Waals surface area contributed by atoms with Crippen molar-refractivity contribution >= 4 is 179 Å². The minimum atomic E-state index is -1.86. The molecular formula is C87H135N23O27S3. The Kier molecular flexibility index (Phi) is 53.2. The highest BCUT2D eigenvalue weighted by Gasteiger charge is 2.43. The number of aromatic hydroxyl groups is 1. The number of nitrogens with zero attached hydrogens (tertiary/aromatic N) is 1. The number of H-pyrrole nitrogens is 1. The van der Waals surface area contributed by atoms with Crippen molar-refractivity contribution in [2.75, 3.05) is 70.1 Å². The van der Waals surface area contributed by atoms with Crippen LogP contribution in [-0.4, -0.2) is 326 Å². The van der Waals surface area contributed by atoms with Crippen LogP contribution in [0.15, 0.2) is 54.7 Å². The van der Waals surface area contributed by atoms with Gasteiger partial charge in [0.25, 0.3) is 0 Å². The van der Waals surface area contributed by atoms with Crippen molar-refractivity contribution in [2.45, 2.75) is 236 Å². The zero-order valence-corrected chi connectivity index (χ0v) is 82.0. The molecule has 778 valence electrons. The number of hydrogen-bond donors (Lipinski definition) is 30. The fraction of sp³-hybridized carbons (Fsp3) is 0.586. The summed E-state index contributed by atoms with van der Waals surface area (Å²) in [6.07, 6.45) is -3.26. The number of aliphatic hydroxyl groups excluding tert-OH is 1. The van der Waals surface area contributed by atoms with Gasteiger partial charge in [0.2, 0.25) is 112 Å². The summed E-state index contributed by atoms with van der Waals surface area (Å²) in [5.41, 5.74) is 22.3. The Labute approximate surface area is 823 Å². The first kappa shape index (κ1) is 121. The zero-order valence-electron chi connectivity index (χ0n) is 79.3. The molecule has 2 aromatic carbocycles. The third-order valence-corrected chi connectivity index (χ3v) is 22.4. The maximum absolute atomic E-state index is 14.5. The monoisotopic (exact) mass is 2030 g/mol. The summed E-state index contributed by atoms with van der Waals surface area (Å²) in [6.45, 7) is 8.74. The van der Waals surface area contributed by atoms with Crippen LogP contribution < -0.4 is 113 Å². The van der Waals surface area contributed by atoms with Gasteiger partial charge in [-0.15, -0.1) is 0 Å². The highest BCUT2D eigenvalue weighted by molar-refractivity contribution is 7.80. The number of benzene rings is 2. The molecular weight excluding hydrogens is 1900 g/mol. The molecule has 0 unspecified atom stereocenters. The van der Waals surface area contributed by atoms with Crippen LogP contribution in [0.4, 0.5) is 0 Å². The Balaban J connectivity index is 1.75. The van der Waals surface area contributed by atoms with Crippen molar-refractivity contribution in [2.24, 2.45) is 40.2 Å². The Morgan fingerprint density at radius 3 is 1.27 bits per heavy atom. The van der Waals surface area contributed by atoms with Crippen molar-refractivity contribution in [3.05, 3.63) is 65.9 Å². The van der Waals surface area contributed by atoms with E-state index in [9.17, 15) is 131 Å². The summed E-state index contributed by atoms with van der Waals surface area (Å²) in [5.74, 6) is -26.2. The summed E-state index contributed by atoms with van der Waals surface area (Å²) < 4.78 is 0. The van der Waals surface area contributed by atoms with Gasteiger partial charge in [-0.3, -0.25) is 101 Å². The largest absolute Gasteiger partial charge is 0.508 e. The molecule has 0 aliphatic rings. The lowest BCUT2D eigenvalue weighted by Crippen LogP contribution is -2.62. The van der Waals surface area contributed by atoms with Crippen LogP contribution in [0.3, 0.4) is 0 Å². The Morgan fingerprint density at radius 1 is 0.421 bits per heavy atom. The molecule has 3 rings (SSSR count). The van der Waals surface area contributed by atoms with E-state index in [1.165, 1.54) is 51.4 Å². The highest BCUT2D eigenvalue weighted by Crippen LogP contribution is 2.27. The molecule has 19 amide bonds. The van der Waals surface area contributed by atoms with Gasteiger partial charge in [0.1, 0.15) is 90.3 Å². The van der Waals surface area contributed by atoms with Gasteiger partial charge in [0.15, 0.2) is 0 Å². The van der Waals surface area contributed by atoms with E-state index < -0.39 is 309 Å². The Hall–Kier alpha value is -13.0. The number of primary amides is 1. The SMILES string of the molecule is CC(C)C[C@H](NC(=O)[C@H](CS)NC(=O)[C@@H](NC(=O)[C@H](CS)NC(=O)[C@H](CCC(=O)O)NC(=O)[C@@H](N(C)C(=O)[C@H](Cc1ccc(O)cc1)NC(=O)CNC(=O)CN)C(C)(C)C)C(C)C)C(=O)NCC(=O)N[C@@H](CC(N)=O)C(=O)NCC(=O)N[C@@H](CCCCN)C(=O)NCC(=O)N[C@@H](CCC(=O)O)C(=O)N[C@@H](Cc1c[nH]c2ccccc12)C(=O)N[C@H](C(=O)N[C@@H](CS)C(=O)N[C@@H](CCCCN)C(=O)O)[C@@H](C)O. The molecule has 0 fully saturated rings. The van der Waals surface area contributed by atoms with E-state index in [0.29, 0.717) is 41.3 Å². The van der Waals surface area contributed by atoms with E-state index >= 15 is 0 Å². The van der Waals surface area contributed by atoms with Crippen LogP contribution in [0.5, 0.6) is 5.75 Å². The third kappa shape index (κ3) is 43.2. The number of para-hydroxylation sites is 1. The number of aliphatic hydroxyl groups is 1. The molecule has 50 nitrogen and oxygen atoms in total. The van der Waals surface area contributed by atoms with Crippen molar-refractivity contribution in [1.29, 1.82) is 0 Å². The molecule has 53 heteroatoms. The average Bonchev–Trinajstić information content (AvgIpc) is 1.35. The molecule has 0 saturated carbocycles. The van der Waals surface area contributed by atoms with Crippen LogP contribution in [0.25, 0.3) is 10.9 Å². The molecule has 0 aliphatic heterocycles. The number of rotatable bonds is 64. The fourth-order valence-electron chi connectivity index (χ4n) is 14.0. The van der Waals surface area contributed by atoms with Crippen LogP contribution in [0.1, 0.15) is 144 Å². The quantitative estimate of drug-likeness (QED) is 0.0184. The first-order chi connectivity index (χ1) is 65.8.